The van der Waals surface area contributed by atoms with Gasteiger partial charge in [-0.25, -0.2) is 9.13 Å². The number of hydrogen-bond donors (Lipinski definition) is 3. The summed E-state index contributed by atoms with van der Waals surface area (Å²) in [7, 11) is -9.93. The van der Waals surface area contributed by atoms with Crippen LogP contribution in [-0.2, 0) is 65.4 Å². The van der Waals surface area contributed by atoms with Crippen LogP contribution >= 0.6 is 15.6 Å². The molecule has 0 amide bonds. The van der Waals surface area contributed by atoms with Crippen molar-refractivity contribution >= 4 is 39.5 Å². The summed E-state index contributed by atoms with van der Waals surface area (Å²) in [6, 6.07) is 0. The second-order valence-corrected chi connectivity index (χ2v) is 34.2. The summed E-state index contributed by atoms with van der Waals surface area (Å²) in [6.07, 6.45) is 59.6. The lowest BCUT2D eigenvalue weighted by atomic mass is 9.99. The molecule has 19 heteroatoms. The first kappa shape index (κ1) is 100. The van der Waals surface area contributed by atoms with E-state index in [1.165, 1.54) is 231 Å². The zero-order chi connectivity index (χ0) is 75.3. The maximum Gasteiger partial charge on any atom is 0.472 e. The third kappa shape index (κ3) is 73.6. The van der Waals surface area contributed by atoms with Gasteiger partial charge in [-0.1, -0.05) is 376 Å². The van der Waals surface area contributed by atoms with E-state index >= 15 is 0 Å². The minimum absolute atomic E-state index is 0.105. The Morgan fingerprint density at radius 1 is 0.275 bits per heavy atom. The average Bonchev–Trinajstić information content (AvgIpc) is 0.919. The first-order chi connectivity index (χ1) is 49.2. The zero-order valence-corrected chi connectivity index (χ0v) is 69.0. The van der Waals surface area contributed by atoms with Gasteiger partial charge in [-0.3, -0.25) is 37.3 Å². The van der Waals surface area contributed by atoms with Gasteiger partial charge < -0.3 is 33.8 Å². The Bertz CT molecular complexity index is 1990. The molecule has 3 N–H and O–H groups in total. The SMILES string of the molecule is CCC(C)CCCCCCCCCCCCCCCCCCCCC(=O)O[C@H](COC(=O)CCCCCCCCCCCCCCC(C)C)COP(=O)(O)OC[C@@H](O)COP(=O)(O)OC[C@@H](COC(=O)CCCCCCCCCCC(C)CC)OC(=O)CCCCCCCCCCCCC(C)C. The van der Waals surface area contributed by atoms with Crippen molar-refractivity contribution in [1.82, 2.24) is 0 Å². The molecule has 0 fully saturated rings. The van der Waals surface area contributed by atoms with E-state index in [0.717, 1.165) is 114 Å². The Labute approximate surface area is 626 Å². The molecule has 4 unspecified atom stereocenters. The van der Waals surface area contributed by atoms with Crippen LogP contribution in [-0.4, -0.2) is 96.7 Å². The molecule has 0 bridgehead atoms. The van der Waals surface area contributed by atoms with Crippen LogP contribution < -0.4 is 0 Å². The standard InChI is InChI=1S/C83H162O17P2/c1-9-75(7)61-53-45-37-29-22-17-15-13-11-12-14-16-18-24-31-41-49-57-65-82(87)99-78(69-93-80(85)63-55-47-39-30-23-20-19-21-27-35-43-51-59-73(3)4)71-97-101(89,90)95-67-77(84)68-96-102(91,92)98-72-79(70-94-81(86)64-56-48-40-34-33-38-46-54-62-76(8)10-2)100-83(88)66-58-50-42-32-26-25-28-36-44-52-60-74(5)6/h73-79,84H,9-72H2,1-8H3,(H,89,90)(H,91,92)/t75?,76?,77-,78-,79-/m1/s1. The summed E-state index contributed by atoms with van der Waals surface area (Å²) in [6.45, 7) is 14.3. The van der Waals surface area contributed by atoms with Gasteiger partial charge in [0.05, 0.1) is 26.4 Å². The summed E-state index contributed by atoms with van der Waals surface area (Å²) in [5.74, 6) is 1.07. The van der Waals surface area contributed by atoms with Gasteiger partial charge in [-0.15, -0.1) is 0 Å². The molecule has 0 heterocycles. The third-order valence-electron chi connectivity index (χ3n) is 20.0. The van der Waals surface area contributed by atoms with E-state index < -0.39 is 97.5 Å². The van der Waals surface area contributed by atoms with Crippen LogP contribution in [0, 0.1) is 23.7 Å². The molecule has 0 aliphatic heterocycles. The van der Waals surface area contributed by atoms with Crippen LogP contribution in [0.25, 0.3) is 0 Å². The largest absolute Gasteiger partial charge is 0.472 e. The van der Waals surface area contributed by atoms with E-state index in [1.54, 1.807) is 0 Å². The molecule has 0 rings (SSSR count). The zero-order valence-electron chi connectivity index (χ0n) is 67.2. The first-order valence-electron chi connectivity index (χ1n) is 42.8. The van der Waals surface area contributed by atoms with Crippen molar-refractivity contribution in [1.29, 1.82) is 0 Å². The highest BCUT2D eigenvalue weighted by Crippen LogP contribution is 2.45. The van der Waals surface area contributed by atoms with Crippen LogP contribution in [0.4, 0.5) is 0 Å². The monoisotopic (exact) mass is 1490 g/mol. The Morgan fingerprint density at radius 2 is 0.471 bits per heavy atom. The van der Waals surface area contributed by atoms with Gasteiger partial charge in [0.1, 0.15) is 19.3 Å². The maximum atomic E-state index is 13.1. The highest BCUT2D eigenvalue weighted by Gasteiger charge is 2.30. The van der Waals surface area contributed by atoms with Gasteiger partial charge in [0.2, 0.25) is 0 Å². The van der Waals surface area contributed by atoms with Crippen LogP contribution in [0.3, 0.4) is 0 Å². The number of aliphatic hydroxyl groups excluding tert-OH is 1. The van der Waals surface area contributed by atoms with Gasteiger partial charge in [-0.2, -0.15) is 0 Å². The van der Waals surface area contributed by atoms with Crippen molar-refractivity contribution in [2.24, 2.45) is 23.7 Å². The molecule has 0 aromatic rings. The van der Waals surface area contributed by atoms with Crippen molar-refractivity contribution in [3.8, 4) is 0 Å². The van der Waals surface area contributed by atoms with E-state index in [0.29, 0.717) is 25.7 Å². The number of carbonyl (C=O) groups is 4. The summed E-state index contributed by atoms with van der Waals surface area (Å²) in [4.78, 5) is 73.1. The third-order valence-corrected chi connectivity index (χ3v) is 21.9. The van der Waals surface area contributed by atoms with Crippen LogP contribution in [0.5, 0.6) is 0 Å². The molecule has 17 nitrogen and oxygen atoms in total. The lowest BCUT2D eigenvalue weighted by Gasteiger charge is -2.21. The number of esters is 4. The summed E-state index contributed by atoms with van der Waals surface area (Å²) >= 11 is 0. The quantitative estimate of drug-likeness (QED) is 0.0222. The highest BCUT2D eigenvalue weighted by molar-refractivity contribution is 7.47. The lowest BCUT2D eigenvalue weighted by Crippen LogP contribution is -2.30. The van der Waals surface area contributed by atoms with E-state index in [9.17, 15) is 43.2 Å². The number of carbonyl (C=O) groups excluding carboxylic acids is 4. The fourth-order valence-electron chi connectivity index (χ4n) is 12.7. The van der Waals surface area contributed by atoms with Gasteiger partial charge in [0.15, 0.2) is 12.2 Å². The number of hydrogen-bond acceptors (Lipinski definition) is 15. The Hall–Kier alpha value is -1.94. The lowest BCUT2D eigenvalue weighted by molar-refractivity contribution is -0.161. The fourth-order valence-corrected chi connectivity index (χ4v) is 14.3. The molecular weight excluding hydrogens is 1330 g/mol. The predicted molar refractivity (Wildman–Crippen MR) is 418 cm³/mol. The molecule has 7 atom stereocenters. The van der Waals surface area contributed by atoms with Crippen molar-refractivity contribution in [3.63, 3.8) is 0 Å². The van der Waals surface area contributed by atoms with E-state index in [4.69, 9.17) is 37.0 Å². The molecule has 0 aliphatic rings. The predicted octanol–water partition coefficient (Wildman–Crippen LogP) is 24.8. The maximum absolute atomic E-state index is 13.1. The second-order valence-electron chi connectivity index (χ2n) is 31.3. The number of rotatable bonds is 80. The van der Waals surface area contributed by atoms with Gasteiger partial charge in [0.25, 0.3) is 0 Å². The van der Waals surface area contributed by atoms with Crippen molar-refractivity contribution in [3.05, 3.63) is 0 Å². The molecule has 0 radical (unpaired) electrons. The van der Waals surface area contributed by atoms with E-state index in [1.807, 2.05) is 0 Å². The summed E-state index contributed by atoms with van der Waals surface area (Å²) in [5.41, 5.74) is 0. The van der Waals surface area contributed by atoms with Crippen molar-refractivity contribution in [2.75, 3.05) is 39.6 Å². The highest BCUT2D eigenvalue weighted by atomic mass is 31.2. The number of ether oxygens (including phenoxy) is 4. The van der Waals surface area contributed by atoms with E-state index in [2.05, 4.69) is 55.4 Å². The first-order valence-corrected chi connectivity index (χ1v) is 45.8. The second kappa shape index (κ2) is 72.0. The van der Waals surface area contributed by atoms with Crippen LogP contribution in [0.1, 0.15) is 428 Å². The van der Waals surface area contributed by atoms with Crippen molar-refractivity contribution in [2.45, 2.75) is 446 Å². The molecule has 0 aromatic heterocycles. The number of unbranched alkanes of at least 4 members (excludes halogenated alkanes) is 44. The summed E-state index contributed by atoms with van der Waals surface area (Å²) in [5, 5.41) is 10.7. The van der Waals surface area contributed by atoms with Crippen molar-refractivity contribution < 1.29 is 80.2 Å². The molecule has 102 heavy (non-hydrogen) atoms. The fraction of sp³-hybridized carbons (Fsp3) is 0.952. The average molecular weight is 1490 g/mol. The molecule has 0 spiro atoms. The molecular formula is C83H162O17P2. The van der Waals surface area contributed by atoms with Gasteiger partial charge >= 0.3 is 39.5 Å². The molecule has 0 saturated heterocycles. The minimum Gasteiger partial charge on any atom is -0.462 e. The normalized spacial score (nSPS) is 14.5. The molecule has 606 valence electrons. The van der Waals surface area contributed by atoms with Crippen LogP contribution in [0.15, 0.2) is 0 Å². The van der Waals surface area contributed by atoms with E-state index in [-0.39, 0.29) is 25.7 Å². The smallest absolute Gasteiger partial charge is 0.462 e. The number of phosphoric ester groups is 2. The van der Waals surface area contributed by atoms with Crippen LogP contribution in [0.2, 0.25) is 0 Å². The Morgan fingerprint density at radius 3 is 0.696 bits per heavy atom. The molecule has 0 saturated carbocycles. The topological polar surface area (TPSA) is 237 Å². The minimum atomic E-state index is -4.96. The Kier molecular flexibility index (Phi) is 70.6. The van der Waals surface area contributed by atoms with Gasteiger partial charge in [0, 0.05) is 25.7 Å². The molecule has 0 aromatic carbocycles. The number of phosphoric acid groups is 2. The molecule has 0 aliphatic carbocycles. The Balaban J connectivity index is 5.24. The van der Waals surface area contributed by atoms with Gasteiger partial charge in [-0.05, 0) is 49.4 Å². The summed E-state index contributed by atoms with van der Waals surface area (Å²) < 4.78 is 68.8. The number of aliphatic hydroxyl groups is 1.